The van der Waals surface area contributed by atoms with Crippen LogP contribution < -0.4 is 4.74 Å². The molecule has 0 unspecified atom stereocenters. The molecule has 1 aromatic carbocycles. The molecule has 2 heteroatoms. The van der Waals surface area contributed by atoms with Gasteiger partial charge in [-0.1, -0.05) is 44.4 Å². The van der Waals surface area contributed by atoms with Gasteiger partial charge in [0.2, 0.25) is 0 Å². The number of Topliss-reactive ketones (excluding diaryl/α,β-unsaturated/α-hetero) is 1. The first-order valence-corrected chi connectivity index (χ1v) is 6.29. The summed E-state index contributed by atoms with van der Waals surface area (Å²) < 4.78 is 4.91. The number of carbonyl (C=O) groups excluding carboxylic acids is 1. The minimum Gasteiger partial charge on any atom is -0.497 e. The number of rotatable bonds is 6. The first kappa shape index (κ1) is 15.7. The number of hydrogen-bond donors (Lipinski definition) is 0. The van der Waals surface area contributed by atoms with Crippen molar-refractivity contribution in [3.05, 3.63) is 30.3 Å². The summed E-state index contributed by atoms with van der Waals surface area (Å²) in [5.74, 6) is 1.23. The summed E-state index contributed by atoms with van der Waals surface area (Å²) in [5, 5.41) is 0. The summed E-state index contributed by atoms with van der Waals surface area (Å²) in [6, 6.07) is 9.68. The predicted molar refractivity (Wildman–Crippen MR) is 72.4 cm³/mol. The van der Waals surface area contributed by atoms with Crippen molar-refractivity contribution in [2.45, 2.75) is 46.0 Å². The van der Waals surface area contributed by atoms with Gasteiger partial charge in [-0.2, -0.15) is 0 Å². The van der Waals surface area contributed by atoms with E-state index in [-0.39, 0.29) is 0 Å². The van der Waals surface area contributed by atoms with Crippen molar-refractivity contribution in [1.82, 2.24) is 0 Å². The van der Waals surface area contributed by atoms with Crippen molar-refractivity contribution in [3.63, 3.8) is 0 Å². The van der Waals surface area contributed by atoms with E-state index < -0.39 is 0 Å². The normalized spacial score (nSPS) is 9.12. The minimum absolute atomic E-state index is 0.325. The monoisotopic (exact) mass is 236 g/mol. The van der Waals surface area contributed by atoms with Crippen LogP contribution in [0.4, 0.5) is 0 Å². The highest BCUT2D eigenvalue weighted by Crippen LogP contribution is 2.05. The molecule has 0 aromatic heterocycles. The smallest absolute Gasteiger partial charge is 0.129 e. The van der Waals surface area contributed by atoms with E-state index in [2.05, 4.69) is 6.92 Å². The Hall–Kier alpha value is -1.31. The molecule has 2 nitrogen and oxygen atoms in total. The van der Waals surface area contributed by atoms with Crippen LogP contribution in [0.1, 0.15) is 46.0 Å². The lowest BCUT2D eigenvalue weighted by molar-refractivity contribution is -0.117. The van der Waals surface area contributed by atoms with Crippen LogP contribution in [0.2, 0.25) is 0 Å². The fourth-order valence-corrected chi connectivity index (χ4v) is 1.36. The van der Waals surface area contributed by atoms with Crippen molar-refractivity contribution in [2.24, 2.45) is 0 Å². The summed E-state index contributed by atoms with van der Waals surface area (Å²) >= 11 is 0. The Morgan fingerprint density at radius 1 is 1.12 bits per heavy atom. The first-order chi connectivity index (χ1) is 8.20. The van der Waals surface area contributed by atoms with Gasteiger partial charge in [-0.15, -0.1) is 0 Å². The highest BCUT2D eigenvalue weighted by Gasteiger charge is 1.91. The third-order valence-electron chi connectivity index (χ3n) is 2.36. The van der Waals surface area contributed by atoms with E-state index in [0.717, 1.165) is 18.6 Å². The van der Waals surface area contributed by atoms with Crippen LogP contribution in [0.5, 0.6) is 5.75 Å². The van der Waals surface area contributed by atoms with Crippen LogP contribution in [-0.4, -0.2) is 12.9 Å². The molecular formula is C15H24O2. The molecule has 0 bridgehead atoms. The Morgan fingerprint density at radius 3 is 2.18 bits per heavy atom. The number of para-hydroxylation sites is 1. The molecular weight excluding hydrogens is 212 g/mol. The molecule has 0 saturated carbocycles. The summed E-state index contributed by atoms with van der Waals surface area (Å²) in [6.45, 7) is 3.83. The maximum atomic E-state index is 10.4. The van der Waals surface area contributed by atoms with Crippen molar-refractivity contribution in [3.8, 4) is 5.75 Å². The van der Waals surface area contributed by atoms with Gasteiger partial charge in [0.25, 0.3) is 0 Å². The average molecular weight is 236 g/mol. The standard InChI is InChI=1S/C8H16O.C7H8O/c1-3-4-5-6-7-8(2)9;1-8-7-5-3-2-4-6-7/h3-7H2,1-2H3;2-6H,1H3. The van der Waals surface area contributed by atoms with Crippen molar-refractivity contribution in [1.29, 1.82) is 0 Å². The molecule has 0 aliphatic heterocycles. The lowest BCUT2D eigenvalue weighted by Crippen LogP contribution is -1.88. The number of hydrogen-bond acceptors (Lipinski definition) is 2. The molecule has 0 amide bonds. The molecule has 0 aliphatic carbocycles. The van der Waals surface area contributed by atoms with Crippen molar-refractivity contribution in [2.75, 3.05) is 7.11 Å². The Balaban J connectivity index is 0.000000302. The second-order valence-corrected chi connectivity index (χ2v) is 4.03. The SMILES string of the molecule is CCCCCCC(C)=O.COc1ccccc1. The zero-order chi connectivity index (χ0) is 12.9. The van der Waals surface area contributed by atoms with Crippen molar-refractivity contribution < 1.29 is 9.53 Å². The van der Waals surface area contributed by atoms with E-state index in [9.17, 15) is 4.79 Å². The number of benzene rings is 1. The van der Waals surface area contributed by atoms with Crippen LogP contribution >= 0.6 is 0 Å². The summed E-state index contributed by atoms with van der Waals surface area (Å²) in [7, 11) is 1.66. The maximum absolute atomic E-state index is 10.4. The minimum atomic E-state index is 0.325. The summed E-state index contributed by atoms with van der Waals surface area (Å²) in [4.78, 5) is 10.4. The lowest BCUT2D eigenvalue weighted by Gasteiger charge is -1.93. The van der Waals surface area contributed by atoms with E-state index >= 15 is 0 Å². The number of methoxy groups -OCH3 is 1. The zero-order valence-corrected chi connectivity index (χ0v) is 11.2. The van der Waals surface area contributed by atoms with E-state index in [1.54, 1.807) is 14.0 Å². The van der Waals surface area contributed by atoms with Crippen LogP contribution in [-0.2, 0) is 4.79 Å². The second-order valence-electron chi connectivity index (χ2n) is 4.03. The van der Waals surface area contributed by atoms with Gasteiger partial charge < -0.3 is 9.53 Å². The van der Waals surface area contributed by atoms with Gasteiger partial charge in [0.05, 0.1) is 7.11 Å². The Bertz CT molecular complexity index is 280. The van der Waals surface area contributed by atoms with Crippen LogP contribution in [0.15, 0.2) is 30.3 Å². The second kappa shape index (κ2) is 11.2. The van der Waals surface area contributed by atoms with Gasteiger partial charge in [0.1, 0.15) is 11.5 Å². The number of unbranched alkanes of at least 4 members (excludes halogenated alkanes) is 3. The van der Waals surface area contributed by atoms with Crippen molar-refractivity contribution >= 4 is 5.78 Å². The van der Waals surface area contributed by atoms with E-state index in [1.165, 1.54) is 19.3 Å². The molecule has 0 N–H and O–H groups in total. The lowest BCUT2D eigenvalue weighted by atomic mass is 10.1. The molecule has 1 rings (SSSR count). The molecule has 0 atom stereocenters. The van der Waals surface area contributed by atoms with Gasteiger partial charge >= 0.3 is 0 Å². The number of ether oxygens (including phenoxy) is 1. The van der Waals surface area contributed by atoms with Gasteiger partial charge in [-0.05, 0) is 25.5 Å². The third-order valence-corrected chi connectivity index (χ3v) is 2.36. The molecule has 17 heavy (non-hydrogen) atoms. The Morgan fingerprint density at radius 2 is 1.76 bits per heavy atom. The largest absolute Gasteiger partial charge is 0.497 e. The fourth-order valence-electron chi connectivity index (χ4n) is 1.36. The van der Waals surface area contributed by atoms with Gasteiger partial charge in [0.15, 0.2) is 0 Å². The highest BCUT2D eigenvalue weighted by molar-refractivity contribution is 5.75. The molecule has 0 heterocycles. The van der Waals surface area contributed by atoms with E-state index in [1.807, 2.05) is 30.3 Å². The number of ketones is 1. The van der Waals surface area contributed by atoms with E-state index in [4.69, 9.17) is 4.74 Å². The van der Waals surface area contributed by atoms with Crippen LogP contribution in [0, 0.1) is 0 Å². The first-order valence-electron chi connectivity index (χ1n) is 6.29. The summed E-state index contributed by atoms with van der Waals surface area (Å²) in [5.41, 5.74) is 0. The molecule has 0 fully saturated rings. The summed E-state index contributed by atoms with van der Waals surface area (Å²) in [6.07, 6.45) is 5.60. The Kier molecular flexibility index (Phi) is 10.3. The number of carbonyl (C=O) groups is 1. The quantitative estimate of drug-likeness (QED) is 0.690. The fraction of sp³-hybridized carbons (Fsp3) is 0.533. The molecule has 1 aromatic rings. The average Bonchev–Trinajstić information content (AvgIpc) is 2.36. The molecule has 0 aliphatic rings. The molecule has 96 valence electrons. The topological polar surface area (TPSA) is 26.3 Å². The van der Waals surface area contributed by atoms with Crippen LogP contribution in [0.25, 0.3) is 0 Å². The highest BCUT2D eigenvalue weighted by atomic mass is 16.5. The predicted octanol–water partition coefficient (Wildman–Crippen LogP) is 4.24. The van der Waals surface area contributed by atoms with Gasteiger partial charge in [-0.25, -0.2) is 0 Å². The molecule has 0 radical (unpaired) electrons. The maximum Gasteiger partial charge on any atom is 0.129 e. The van der Waals surface area contributed by atoms with Gasteiger partial charge in [-0.3, -0.25) is 0 Å². The molecule has 0 spiro atoms. The third kappa shape index (κ3) is 11.0. The Labute approximate surface area is 105 Å². The molecule has 0 saturated heterocycles. The zero-order valence-electron chi connectivity index (χ0n) is 11.2. The van der Waals surface area contributed by atoms with Crippen LogP contribution in [0.3, 0.4) is 0 Å². The van der Waals surface area contributed by atoms with Gasteiger partial charge in [0, 0.05) is 6.42 Å². The van der Waals surface area contributed by atoms with E-state index in [0.29, 0.717) is 5.78 Å².